The molecule has 0 saturated heterocycles. The third kappa shape index (κ3) is 3.89. The van der Waals surface area contributed by atoms with E-state index in [1.54, 1.807) is 29.6 Å². The van der Waals surface area contributed by atoms with Crippen molar-refractivity contribution in [2.45, 2.75) is 19.8 Å². The molecule has 1 aromatic carbocycles. The Hall–Kier alpha value is -2.06. The van der Waals surface area contributed by atoms with Gasteiger partial charge < -0.3 is 10.6 Å². The molecule has 5 nitrogen and oxygen atoms in total. The van der Waals surface area contributed by atoms with Crippen LogP contribution in [0.1, 0.15) is 31.0 Å². The molecule has 0 radical (unpaired) electrons. The summed E-state index contributed by atoms with van der Waals surface area (Å²) in [4.78, 5) is 1.76. The van der Waals surface area contributed by atoms with Gasteiger partial charge in [-0.25, -0.2) is 13.2 Å². The Bertz CT molecular complexity index is 996. The molecule has 0 amide bonds. The maximum Gasteiger partial charge on any atom is 0.156 e. The average Bonchev–Trinajstić information content (AvgIpc) is 3.18. The lowest BCUT2D eigenvalue weighted by Crippen LogP contribution is -2.15. The smallest absolute Gasteiger partial charge is 0.156 e. The molecule has 0 bridgehead atoms. The second-order valence-corrected chi connectivity index (χ2v) is 8.10. The number of nitrogens with zero attached hydrogens (tertiary/aromatic N) is 4. The predicted molar refractivity (Wildman–Crippen MR) is 120 cm³/mol. The Labute approximate surface area is 177 Å². The molecule has 0 spiro atoms. The van der Waals surface area contributed by atoms with Gasteiger partial charge in [0, 0.05) is 23.5 Å². The number of benzene rings is 1. The van der Waals surface area contributed by atoms with Crippen LogP contribution in [-0.2, 0) is 0 Å². The van der Waals surface area contributed by atoms with Gasteiger partial charge in [-0.15, -0.1) is 5.10 Å². The molecule has 0 aliphatic carbocycles. The van der Waals surface area contributed by atoms with E-state index in [1.165, 1.54) is 12.1 Å². The van der Waals surface area contributed by atoms with E-state index in [0.29, 0.717) is 11.9 Å². The lowest BCUT2D eigenvalue weighted by atomic mass is 9.98. The topological polar surface area (TPSA) is 60.0 Å². The van der Waals surface area contributed by atoms with Gasteiger partial charge in [0.25, 0.3) is 0 Å². The zero-order valence-electron chi connectivity index (χ0n) is 15.2. The minimum atomic E-state index is -0.769. The number of allylic oxidation sites excluding steroid dienone is 4. The summed E-state index contributed by atoms with van der Waals surface area (Å²) in [6, 6.07) is 2.39. The Morgan fingerprint density at radius 2 is 2.14 bits per heavy atom. The monoisotopic (exact) mass is 513 g/mol. The molecule has 2 aromatic rings. The summed E-state index contributed by atoms with van der Waals surface area (Å²) >= 11 is 2.25. The van der Waals surface area contributed by atoms with Gasteiger partial charge in [-0.05, 0) is 46.7 Å². The van der Waals surface area contributed by atoms with Crippen molar-refractivity contribution in [2.24, 2.45) is 0 Å². The van der Waals surface area contributed by atoms with E-state index >= 15 is 0 Å². The second kappa shape index (κ2) is 8.96. The van der Waals surface area contributed by atoms with Crippen LogP contribution >= 0.6 is 28.4 Å². The fourth-order valence-corrected chi connectivity index (χ4v) is 4.48. The van der Waals surface area contributed by atoms with Crippen molar-refractivity contribution in [3.05, 3.63) is 78.0 Å². The number of nitrogens with two attached hydrogens (primary N) is 1. The number of aromatic nitrogens is 3. The molecular formula is C19H19F2IN5P. The zero-order valence-corrected chi connectivity index (χ0v) is 18.3. The van der Waals surface area contributed by atoms with Crippen molar-refractivity contribution in [1.29, 1.82) is 0 Å². The molecular weight excluding hydrogens is 494 g/mol. The zero-order chi connectivity index (χ0) is 20.3. The molecule has 28 heavy (non-hydrogen) atoms. The summed E-state index contributed by atoms with van der Waals surface area (Å²) < 4.78 is 30.6. The third-order valence-corrected chi connectivity index (χ3v) is 6.19. The maximum atomic E-state index is 14.5. The first-order chi connectivity index (χ1) is 13.5. The van der Waals surface area contributed by atoms with Crippen molar-refractivity contribution in [3.63, 3.8) is 0 Å². The van der Waals surface area contributed by atoms with Gasteiger partial charge in [-0.3, -0.25) is 0 Å². The Kier molecular flexibility index (Phi) is 6.61. The first kappa shape index (κ1) is 20.7. The highest BCUT2D eigenvalue weighted by Gasteiger charge is 2.21. The lowest BCUT2D eigenvalue weighted by Gasteiger charge is -2.26. The molecule has 0 fully saturated rings. The van der Waals surface area contributed by atoms with E-state index in [2.05, 4.69) is 45.9 Å². The number of rotatable bonds is 6. The summed E-state index contributed by atoms with van der Waals surface area (Å²) in [5.74, 6) is -1.43. The van der Waals surface area contributed by atoms with E-state index < -0.39 is 11.6 Å². The summed E-state index contributed by atoms with van der Waals surface area (Å²) in [6.07, 6.45) is 10.6. The van der Waals surface area contributed by atoms with E-state index in [4.69, 9.17) is 5.73 Å². The molecule has 9 heteroatoms. The highest BCUT2D eigenvalue weighted by molar-refractivity contribution is 14.2. The summed E-state index contributed by atoms with van der Waals surface area (Å²) in [5.41, 5.74) is 8.57. The molecule has 1 unspecified atom stereocenters. The molecule has 1 atom stereocenters. The highest BCUT2D eigenvalue weighted by atomic mass is 127. The molecule has 0 saturated carbocycles. The van der Waals surface area contributed by atoms with Crippen molar-refractivity contribution in [2.75, 3.05) is 5.73 Å². The second-order valence-electron chi connectivity index (χ2n) is 6.06. The van der Waals surface area contributed by atoms with E-state index in [1.807, 2.05) is 10.5 Å². The first-order valence-corrected chi connectivity index (χ1v) is 12.6. The van der Waals surface area contributed by atoms with Gasteiger partial charge in [0.05, 0.1) is 35.2 Å². The lowest BCUT2D eigenvalue weighted by molar-refractivity contribution is 0.578. The minimum absolute atomic E-state index is 0.0955. The minimum Gasteiger partial charge on any atom is -0.396 e. The number of nitrogen functional groups attached to an aromatic ring is 1. The number of anilines is 1. The summed E-state index contributed by atoms with van der Waals surface area (Å²) in [5, 5.41) is 8.14. The van der Waals surface area contributed by atoms with Crippen LogP contribution in [0.25, 0.3) is 11.1 Å². The van der Waals surface area contributed by atoms with Crippen LogP contribution in [0.5, 0.6) is 0 Å². The quantitative estimate of drug-likeness (QED) is 0.315. The van der Waals surface area contributed by atoms with Crippen molar-refractivity contribution >= 4 is 45.2 Å². The van der Waals surface area contributed by atoms with Gasteiger partial charge >= 0.3 is 0 Å². The Balaban J connectivity index is 2.12. The van der Waals surface area contributed by atoms with E-state index in [9.17, 15) is 8.78 Å². The Morgan fingerprint density at radius 3 is 2.82 bits per heavy atom. The molecule has 1 aliphatic rings. The van der Waals surface area contributed by atoms with Crippen LogP contribution in [-0.4, -0.2) is 19.7 Å². The fraction of sp³-hybridized carbons (Fsp3) is 0.158. The normalized spacial score (nSPS) is 16.0. The van der Waals surface area contributed by atoms with Gasteiger partial charge in [0.1, 0.15) is 5.82 Å². The predicted octanol–water partition coefficient (Wildman–Crippen LogP) is 5.50. The SMILES string of the molecule is C=CN1C=C(c2c(F)ccc(N)c2F)C=C/C1=C(/CCC)c1cnnn1PI. The molecule has 1 aliphatic heterocycles. The van der Waals surface area contributed by atoms with Gasteiger partial charge in [0.2, 0.25) is 0 Å². The summed E-state index contributed by atoms with van der Waals surface area (Å²) in [6.45, 7) is 5.94. The highest BCUT2D eigenvalue weighted by Crippen LogP contribution is 2.36. The number of hydrogen-bond acceptors (Lipinski definition) is 4. The largest absolute Gasteiger partial charge is 0.396 e. The van der Waals surface area contributed by atoms with E-state index in [0.717, 1.165) is 29.8 Å². The molecule has 1 aromatic heterocycles. The molecule has 2 heterocycles. The average molecular weight is 513 g/mol. The van der Waals surface area contributed by atoms with Crippen LogP contribution < -0.4 is 5.73 Å². The van der Waals surface area contributed by atoms with Crippen LogP contribution in [0, 0.1) is 11.6 Å². The number of hydrogen-bond donors (Lipinski definition) is 1. The molecule has 2 N–H and O–H groups in total. The molecule has 3 rings (SSSR count). The van der Waals surface area contributed by atoms with Crippen molar-refractivity contribution in [3.8, 4) is 0 Å². The van der Waals surface area contributed by atoms with Gasteiger partial charge in [-0.2, -0.15) is 0 Å². The van der Waals surface area contributed by atoms with E-state index in [-0.39, 0.29) is 11.3 Å². The first-order valence-electron chi connectivity index (χ1n) is 8.57. The van der Waals surface area contributed by atoms with Crippen LogP contribution in [0.15, 0.2) is 55.2 Å². The molecule has 146 valence electrons. The Morgan fingerprint density at radius 1 is 1.36 bits per heavy atom. The summed E-state index contributed by atoms with van der Waals surface area (Å²) in [7, 11) is 0. The standard InChI is InChI=1S/C19H19F2IN5P/c1-3-5-13(17-10-24-25-27(17)28-22)16-9-6-12(11-26(16)4-2)18-14(20)7-8-15(23)19(18)21/h4,6-11,28H,2-3,5,23H2,1H3/b16-13+. The maximum absolute atomic E-state index is 14.5. The van der Waals surface area contributed by atoms with Crippen molar-refractivity contribution in [1.82, 2.24) is 19.7 Å². The van der Waals surface area contributed by atoms with Crippen LogP contribution in [0.4, 0.5) is 14.5 Å². The fourth-order valence-electron chi connectivity index (χ4n) is 3.05. The third-order valence-electron chi connectivity index (χ3n) is 4.33. The number of halogens is 3. The van der Waals surface area contributed by atoms with Gasteiger partial charge in [0.15, 0.2) is 5.82 Å². The van der Waals surface area contributed by atoms with Crippen LogP contribution in [0.2, 0.25) is 0 Å². The van der Waals surface area contributed by atoms with Gasteiger partial charge in [-0.1, -0.05) is 31.2 Å². The van der Waals surface area contributed by atoms with Crippen LogP contribution in [0.3, 0.4) is 0 Å². The van der Waals surface area contributed by atoms with Crippen molar-refractivity contribution < 1.29 is 8.78 Å².